The van der Waals surface area contributed by atoms with Gasteiger partial charge in [0.25, 0.3) is 0 Å². The number of rotatable bonds is 6. The maximum absolute atomic E-state index is 12.2. The molecule has 1 aromatic carbocycles. The first-order valence-corrected chi connectivity index (χ1v) is 8.88. The smallest absolute Gasteiger partial charge is 0.246 e. The minimum absolute atomic E-state index is 0.0246. The van der Waals surface area contributed by atoms with Crippen LogP contribution in [0.3, 0.4) is 0 Å². The molecule has 0 spiro atoms. The first-order valence-electron chi connectivity index (χ1n) is 8.00. The van der Waals surface area contributed by atoms with Crippen molar-refractivity contribution >= 4 is 22.9 Å². The van der Waals surface area contributed by atoms with Gasteiger partial charge in [-0.05, 0) is 42.0 Å². The van der Waals surface area contributed by atoms with E-state index in [0.717, 1.165) is 26.1 Å². The molecule has 1 aliphatic rings. The summed E-state index contributed by atoms with van der Waals surface area (Å²) in [4.78, 5) is 17.7. The maximum atomic E-state index is 12.2. The van der Waals surface area contributed by atoms with E-state index in [1.54, 1.807) is 11.3 Å². The van der Waals surface area contributed by atoms with Crippen molar-refractivity contribution in [2.45, 2.75) is 13.0 Å². The standard InChI is InChI=1S/C19H22N2OS/c1-2-19(22)21(15-18-9-6-12-23-18)14-16-10-11-20(13-16)17-7-4-3-5-8-17/h2-9,12,16H,1,10-11,13-15H2. The summed E-state index contributed by atoms with van der Waals surface area (Å²) in [5, 5.41) is 2.05. The first-order chi connectivity index (χ1) is 11.3. The Morgan fingerprint density at radius 3 is 2.83 bits per heavy atom. The van der Waals surface area contributed by atoms with E-state index in [9.17, 15) is 4.79 Å². The third kappa shape index (κ3) is 4.02. The van der Waals surface area contributed by atoms with Gasteiger partial charge in [0.1, 0.15) is 0 Å². The summed E-state index contributed by atoms with van der Waals surface area (Å²) < 4.78 is 0. The van der Waals surface area contributed by atoms with Crippen LogP contribution in [0.25, 0.3) is 0 Å². The van der Waals surface area contributed by atoms with E-state index >= 15 is 0 Å². The fraction of sp³-hybridized carbons (Fsp3) is 0.316. The number of thiophene rings is 1. The molecule has 0 aliphatic carbocycles. The third-order valence-electron chi connectivity index (χ3n) is 4.30. The molecule has 3 rings (SSSR count). The Morgan fingerprint density at radius 1 is 1.30 bits per heavy atom. The van der Waals surface area contributed by atoms with E-state index in [4.69, 9.17) is 0 Å². The van der Waals surface area contributed by atoms with Crippen LogP contribution in [0, 0.1) is 5.92 Å². The van der Waals surface area contributed by atoms with Crippen molar-refractivity contribution in [2.24, 2.45) is 5.92 Å². The first kappa shape index (κ1) is 15.8. The van der Waals surface area contributed by atoms with Gasteiger partial charge in [0, 0.05) is 30.2 Å². The summed E-state index contributed by atoms with van der Waals surface area (Å²) in [5.74, 6) is 0.538. The van der Waals surface area contributed by atoms with Crippen LogP contribution in [-0.4, -0.2) is 30.4 Å². The number of carbonyl (C=O) groups is 1. The molecule has 0 radical (unpaired) electrons. The quantitative estimate of drug-likeness (QED) is 0.754. The zero-order valence-electron chi connectivity index (χ0n) is 13.2. The zero-order valence-corrected chi connectivity index (χ0v) is 14.0. The second-order valence-electron chi connectivity index (χ2n) is 5.94. The molecule has 1 amide bonds. The molecule has 0 N–H and O–H groups in total. The van der Waals surface area contributed by atoms with E-state index in [1.165, 1.54) is 16.6 Å². The van der Waals surface area contributed by atoms with Gasteiger partial charge in [0.05, 0.1) is 6.54 Å². The molecule has 120 valence electrons. The van der Waals surface area contributed by atoms with Gasteiger partial charge >= 0.3 is 0 Å². The fourth-order valence-corrected chi connectivity index (χ4v) is 3.84. The number of carbonyl (C=O) groups excluding carboxylic acids is 1. The molecule has 2 aromatic rings. The van der Waals surface area contributed by atoms with Crippen molar-refractivity contribution < 1.29 is 4.79 Å². The SMILES string of the molecule is C=CC(=O)N(Cc1cccs1)CC1CCN(c2ccccc2)C1. The molecule has 23 heavy (non-hydrogen) atoms. The van der Waals surface area contributed by atoms with Crippen LogP contribution in [0.15, 0.2) is 60.5 Å². The van der Waals surface area contributed by atoms with Crippen molar-refractivity contribution in [3.63, 3.8) is 0 Å². The number of hydrogen-bond donors (Lipinski definition) is 0. The van der Waals surface area contributed by atoms with Crippen LogP contribution >= 0.6 is 11.3 Å². The molecular weight excluding hydrogens is 304 g/mol. The van der Waals surface area contributed by atoms with Crippen molar-refractivity contribution in [2.75, 3.05) is 24.5 Å². The summed E-state index contributed by atoms with van der Waals surface area (Å²) in [5.41, 5.74) is 1.27. The third-order valence-corrected chi connectivity index (χ3v) is 5.16. The Balaban J connectivity index is 1.62. The summed E-state index contributed by atoms with van der Waals surface area (Å²) in [7, 11) is 0. The Hall–Kier alpha value is -2.07. The second-order valence-corrected chi connectivity index (χ2v) is 6.97. The zero-order chi connectivity index (χ0) is 16.1. The van der Waals surface area contributed by atoms with Crippen molar-refractivity contribution in [1.29, 1.82) is 0 Å². The molecule has 0 bridgehead atoms. The lowest BCUT2D eigenvalue weighted by molar-refractivity contribution is -0.127. The molecule has 4 heteroatoms. The van der Waals surface area contributed by atoms with Crippen LogP contribution in [0.4, 0.5) is 5.69 Å². The molecule has 1 atom stereocenters. The molecule has 2 heterocycles. The van der Waals surface area contributed by atoms with Crippen LogP contribution in [0.5, 0.6) is 0 Å². The average Bonchev–Trinajstić information content (AvgIpc) is 3.26. The van der Waals surface area contributed by atoms with Crippen molar-refractivity contribution in [1.82, 2.24) is 4.90 Å². The number of hydrogen-bond acceptors (Lipinski definition) is 3. The van der Waals surface area contributed by atoms with E-state index in [2.05, 4.69) is 47.2 Å². The molecule has 1 saturated heterocycles. The van der Waals surface area contributed by atoms with Gasteiger partial charge in [-0.25, -0.2) is 0 Å². The highest BCUT2D eigenvalue weighted by atomic mass is 32.1. The van der Waals surface area contributed by atoms with E-state index in [1.807, 2.05) is 17.0 Å². The predicted molar refractivity (Wildman–Crippen MR) is 96.7 cm³/mol. The van der Waals surface area contributed by atoms with E-state index < -0.39 is 0 Å². The number of para-hydroxylation sites is 1. The van der Waals surface area contributed by atoms with Crippen LogP contribution in [-0.2, 0) is 11.3 Å². The van der Waals surface area contributed by atoms with Crippen molar-refractivity contribution in [3.05, 3.63) is 65.4 Å². The van der Waals surface area contributed by atoms with Gasteiger partial charge in [-0.3, -0.25) is 4.79 Å². The topological polar surface area (TPSA) is 23.6 Å². The summed E-state index contributed by atoms with van der Waals surface area (Å²) in [6, 6.07) is 14.6. The average molecular weight is 326 g/mol. The fourth-order valence-electron chi connectivity index (χ4n) is 3.12. The summed E-state index contributed by atoms with van der Waals surface area (Å²) in [6.07, 6.45) is 2.55. The molecule has 0 saturated carbocycles. The lowest BCUT2D eigenvalue weighted by atomic mass is 10.1. The normalized spacial score (nSPS) is 17.2. The van der Waals surface area contributed by atoms with E-state index in [0.29, 0.717) is 12.5 Å². The van der Waals surface area contributed by atoms with Crippen LogP contribution < -0.4 is 4.90 Å². The van der Waals surface area contributed by atoms with Crippen LogP contribution in [0.2, 0.25) is 0 Å². The summed E-state index contributed by atoms with van der Waals surface area (Å²) >= 11 is 1.70. The van der Waals surface area contributed by atoms with Gasteiger partial charge in [-0.1, -0.05) is 30.8 Å². The van der Waals surface area contributed by atoms with Gasteiger partial charge in [-0.2, -0.15) is 0 Å². The van der Waals surface area contributed by atoms with Crippen LogP contribution in [0.1, 0.15) is 11.3 Å². The van der Waals surface area contributed by atoms with Gasteiger partial charge in [0.2, 0.25) is 5.91 Å². The second kappa shape index (κ2) is 7.47. The minimum atomic E-state index is 0.0246. The predicted octanol–water partition coefficient (Wildman–Crippen LogP) is 3.79. The van der Waals surface area contributed by atoms with Gasteiger partial charge in [-0.15, -0.1) is 11.3 Å². The number of anilines is 1. The Bertz CT molecular complexity index is 639. The van der Waals surface area contributed by atoms with Gasteiger partial charge in [0.15, 0.2) is 0 Å². The lowest BCUT2D eigenvalue weighted by Gasteiger charge is -2.25. The Kier molecular flexibility index (Phi) is 5.13. The number of nitrogens with zero attached hydrogens (tertiary/aromatic N) is 2. The molecule has 1 aliphatic heterocycles. The molecule has 1 fully saturated rings. The molecule has 3 nitrogen and oxygen atoms in total. The Labute approximate surface area is 141 Å². The lowest BCUT2D eigenvalue weighted by Crippen LogP contribution is -2.34. The highest BCUT2D eigenvalue weighted by Gasteiger charge is 2.26. The summed E-state index contributed by atoms with van der Waals surface area (Å²) in [6.45, 7) is 7.20. The van der Waals surface area contributed by atoms with E-state index in [-0.39, 0.29) is 5.91 Å². The van der Waals surface area contributed by atoms with Gasteiger partial charge < -0.3 is 9.80 Å². The highest BCUT2D eigenvalue weighted by molar-refractivity contribution is 7.09. The monoisotopic (exact) mass is 326 g/mol. The highest BCUT2D eigenvalue weighted by Crippen LogP contribution is 2.25. The number of amides is 1. The maximum Gasteiger partial charge on any atom is 0.246 e. The Morgan fingerprint density at radius 2 is 2.13 bits per heavy atom. The molecular formula is C19H22N2OS. The molecule has 1 unspecified atom stereocenters. The molecule has 1 aromatic heterocycles. The minimum Gasteiger partial charge on any atom is -0.371 e. The number of benzene rings is 1. The van der Waals surface area contributed by atoms with Crippen molar-refractivity contribution in [3.8, 4) is 0 Å². The largest absolute Gasteiger partial charge is 0.371 e.